The van der Waals surface area contributed by atoms with Gasteiger partial charge in [-0.25, -0.2) is 0 Å². The van der Waals surface area contributed by atoms with E-state index in [1.54, 1.807) is 13.8 Å². The van der Waals surface area contributed by atoms with E-state index in [0.717, 1.165) is 0 Å². The van der Waals surface area contributed by atoms with Crippen molar-refractivity contribution in [2.45, 2.75) is 51.5 Å². The molecule has 0 amide bonds. The maximum absolute atomic E-state index is 9.59. The summed E-state index contributed by atoms with van der Waals surface area (Å²) in [5.74, 6) is -2.64. The van der Waals surface area contributed by atoms with Crippen molar-refractivity contribution in [3.63, 3.8) is 0 Å². The first-order valence-electron chi connectivity index (χ1n) is 4.06. The topological polar surface area (TPSA) is 58.9 Å². The molecule has 1 rings (SSSR count). The minimum atomic E-state index is -1.32. The summed E-state index contributed by atoms with van der Waals surface area (Å²) in [4.78, 5) is 0. The Kier molecular flexibility index (Phi) is 2.21. The monoisotopic (exact) mass is 176 g/mol. The van der Waals surface area contributed by atoms with Gasteiger partial charge in [-0.1, -0.05) is 0 Å². The zero-order chi connectivity index (χ0) is 9.57. The number of aliphatic hydroxyl groups is 2. The van der Waals surface area contributed by atoms with Crippen molar-refractivity contribution in [2.75, 3.05) is 0 Å². The zero-order valence-corrected chi connectivity index (χ0v) is 7.87. The van der Waals surface area contributed by atoms with Gasteiger partial charge in [-0.3, -0.25) is 0 Å². The Bertz CT molecular complexity index is 156. The molecule has 1 fully saturated rings. The molecule has 1 aliphatic rings. The lowest BCUT2D eigenvalue weighted by molar-refractivity contribution is -0.406. The van der Waals surface area contributed by atoms with Gasteiger partial charge >= 0.3 is 0 Å². The van der Waals surface area contributed by atoms with Crippen LogP contribution in [0.1, 0.15) is 27.7 Å². The predicted molar refractivity (Wildman–Crippen MR) is 42.3 cm³/mol. The molecule has 4 heteroatoms. The fraction of sp³-hybridized carbons (Fsp3) is 1.00. The molecule has 1 heterocycles. The quantitative estimate of drug-likeness (QED) is 0.554. The molecule has 0 aromatic rings. The molecular formula is C8H16O4. The van der Waals surface area contributed by atoms with Gasteiger partial charge in [0.25, 0.3) is 0 Å². The van der Waals surface area contributed by atoms with Crippen LogP contribution in [0.3, 0.4) is 0 Å². The second kappa shape index (κ2) is 2.67. The normalized spacial score (nSPS) is 55.5. The molecule has 0 aromatic heterocycles. The third-order valence-corrected chi connectivity index (χ3v) is 2.34. The average molecular weight is 176 g/mol. The van der Waals surface area contributed by atoms with Crippen LogP contribution in [0.4, 0.5) is 0 Å². The van der Waals surface area contributed by atoms with Crippen molar-refractivity contribution < 1.29 is 19.7 Å². The SMILES string of the molecule is C[C@@H]1O[C@](C)(O)[C@H](C)O[C@]1(C)O. The smallest absolute Gasteiger partial charge is 0.189 e. The van der Waals surface area contributed by atoms with Crippen molar-refractivity contribution in [1.29, 1.82) is 0 Å². The molecule has 2 N–H and O–H groups in total. The molecule has 1 aliphatic heterocycles. The molecule has 12 heavy (non-hydrogen) atoms. The van der Waals surface area contributed by atoms with Gasteiger partial charge in [-0.2, -0.15) is 0 Å². The van der Waals surface area contributed by atoms with Gasteiger partial charge in [0.1, 0.15) is 12.2 Å². The molecule has 4 atom stereocenters. The zero-order valence-electron chi connectivity index (χ0n) is 7.87. The van der Waals surface area contributed by atoms with E-state index in [2.05, 4.69) is 0 Å². The predicted octanol–water partition coefficient (Wildman–Crippen LogP) is 0.227. The van der Waals surface area contributed by atoms with Gasteiger partial charge in [0.05, 0.1) is 0 Å². The van der Waals surface area contributed by atoms with Crippen LogP contribution in [0.2, 0.25) is 0 Å². The molecule has 4 nitrogen and oxygen atoms in total. The molecule has 0 saturated carbocycles. The number of rotatable bonds is 0. The lowest BCUT2D eigenvalue weighted by atomic mass is 10.1. The maximum Gasteiger partial charge on any atom is 0.189 e. The highest BCUT2D eigenvalue weighted by Crippen LogP contribution is 2.31. The van der Waals surface area contributed by atoms with E-state index in [1.165, 1.54) is 13.8 Å². The van der Waals surface area contributed by atoms with Crippen molar-refractivity contribution in [3.8, 4) is 0 Å². The summed E-state index contributed by atoms with van der Waals surface area (Å²) in [6.45, 7) is 6.34. The third kappa shape index (κ3) is 1.61. The van der Waals surface area contributed by atoms with Crippen LogP contribution in [-0.2, 0) is 9.47 Å². The fourth-order valence-corrected chi connectivity index (χ4v) is 1.13. The van der Waals surface area contributed by atoms with E-state index >= 15 is 0 Å². The first-order chi connectivity index (χ1) is 5.26. The van der Waals surface area contributed by atoms with Crippen LogP contribution >= 0.6 is 0 Å². The minimum absolute atomic E-state index is 0.538. The number of ether oxygens (including phenoxy) is 2. The molecule has 0 aromatic carbocycles. The summed E-state index contributed by atoms with van der Waals surface area (Å²) in [5, 5.41) is 19.2. The Balaban J connectivity index is 2.76. The van der Waals surface area contributed by atoms with Crippen LogP contribution in [0.25, 0.3) is 0 Å². The first kappa shape index (κ1) is 9.92. The van der Waals surface area contributed by atoms with Gasteiger partial charge in [0, 0.05) is 0 Å². The summed E-state index contributed by atoms with van der Waals surface area (Å²) in [7, 11) is 0. The largest absolute Gasteiger partial charge is 0.364 e. The second-order valence-corrected chi connectivity index (χ2v) is 3.63. The summed E-state index contributed by atoms with van der Waals surface area (Å²) < 4.78 is 10.4. The Morgan fingerprint density at radius 1 is 0.917 bits per heavy atom. The highest BCUT2D eigenvalue weighted by atomic mass is 16.7. The summed E-state index contributed by atoms with van der Waals surface area (Å²) >= 11 is 0. The molecule has 0 aliphatic carbocycles. The van der Waals surface area contributed by atoms with Crippen molar-refractivity contribution in [3.05, 3.63) is 0 Å². The van der Waals surface area contributed by atoms with Crippen LogP contribution in [0.15, 0.2) is 0 Å². The van der Waals surface area contributed by atoms with E-state index in [9.17, 15) is 10.2 Å². The van der Waals surface area contributed by atoms with E-state index in [0.29, 0.717) is 0 Å². The van der Waals surface area contributed by atoms with Crippen molar-refractivity contribution in [2.24, 2.45) is 0 Å². The standard InChI is InChI=1S/C8H16O4/c1-5-7(3,9)12-6(2)8(4,10)11-5/h5-6,9-10H,1-4H3/t5-,6-,7-,8-/m0/s1. The molecule has 0 spiro atoms. The van der Waals surface area contributed by atoms with Gasteiger partial charge in [-0.05, 0) is 27.7 Å². The maximum atomic E-state index is 9.59. The highest BCUT2D eigenvalue weighted by molar-refractivity contribution is 4.83. The Morgan fingerprint density at radius 3 is 1.42 bits per heavy atom. The molecule has 0 unspecified atom stereocenters. The van der Waals surface area contributed by atoms with E-state index in [1.807, 2.05) is 0 Å². The Hall–Kier alpha value is -0.160. The van der Waals surface area contributed by atoms with Gasteiger partial charge in [-0.15, -0.1) is 0 Å². The Labute approximate surface area is 72.1 Å². The lowest BCUT2D eigenvalue weighted by Gasteiger charge is -2.46. The number of hydrogen-bond donors (Lipinski definition) is 2. The number of hydrogen-bond acceptors (Lipinski definition) is 4. The van der Waals surface area contributed by atoms with Gasteiger partial charge in [0.2, 0.25) is 0 Å². The van der Waals surface area contributed by atoms with Crippen LogP contribution < -0.4 is 0 Å². The highest BCUT2D eigenvalue weighted by Gasteiger charge is 2.47. The second-order valence-electron chi connectivity index (χ2n) is 3.63. The molecular weight excluding hydrogens is 160 g/mol. The van der Waals surface area contributed by atoms with Gasteiger partial charge < -0.3 is 19.7 Å². The average Bonchev–Trinajstić information content (AvgIpc) is 1.82. The molecule has 0 radical (unpaired) electrons. The summed E-state index contributed by atoms with van der Waals surface area (Å²) in [6.07, 6.45) is -1.08. The summed E-state index contributed by atoms with van der Waals surface area (Å²) in [5.41, 5.74) is 0. The third-order valence-electron chi connectivity index (χ3n) is 2.34. The van der Waals surface area contributed by atoms with Crippen LogP contribution in [0, 0.1) is 0 Å². The molecule has 72 valence electrons. The van der Waals surface area contributed by atoms with Crippen LogP contribution in [0.5, 0.6) is 0 Å². The van der Waals surface area contributed by atoms with E-state index in [-0.39, 0.29) is 0 Å². The van der Waals surface area contributed by atoms with E-state index < -0.39 is 23.8 Å². The van der Waals surface area contributed by atoms with Gasteiger partial charge in [0.15, 0.2) is 11.6 Å². The van der Waals surface area contributed by atoms with Crippen molar-refractivity contribution >= 4 is 0 Å². The van der Waals surface area contributed by atoms with Crippen molar-refractivity contribution in [1.82, 2.24) is 0 Å². The lowest BCUT2D eigenvalue weighted by Crippen LogP contribution is -2.59. The van der Waals surface area contributed by atoms with E-state index in [4.69, 9.17) is 9.47 Å². The minimum Gasteiger partial charge on any atom is -0.364 e. The summed E-state index contributed by atoms with van der Waals surface area (Å²) in [6, 6.07) is 0. The Morgan fingerprint density at radius 2 is 1.17 bits per heavy atom. The fourth-order valence-electron chi connectivity index (χ4n) is 1.13. The molecule has 1 saturated heterocycles. The molecule has 0 bridgehead atoms. The van der Waals surface area contributed by atoms with Crippen LogP contribution in [-0.4, -0.2) is 34.0 Å². The first-order valence-corrected chi connectivity index (χ1v) is 4.06.